The third-order valence-corrected chi connectivity index (χ3v) is 4.01. The van der Waals surface area contributed by atoms with Crippen LogP contribution in [0.25, 0.3) is 0 Å². The van der Waals surface area contributed by atoms with Crippen LogP contribution in [0.3, 0.4) is 0 Å². The van der Waals surface area contributed by atoms with Crippen LogP contribution < -0.4 is 10.1 Å². The van der Waals surface area contributed by atoms with Gasteiger partial charge in [0, 0.05) is 23.6 Å². The topological polar surface area (TPSA) is 34.4 Å². The van der Waals surface area contributed by atoms with E-state index in [2.05, 4.69) is 21.2 Å². The molecule has 2 aromatic rings. The second-order valence-corrected chi connectivity index (χ2v) is 5.51. The van der Waals surface area contributed by atoms with Crippen LogP contribution in [0.15, 0.2) is 33.4 Å². The summed E-state index contributed by atoms with van der Waals surface area (Å²) in [5.74, 6) is 1.10. The summed E-state index contributed by atoms with van der Waals surface area (Å²) >= 11 is 3.25. The van der Waals surface area contributed by atoms with Crippen LogP contribution in [0.4, 0.5) is 4.39 Å². The lowest BCUT2D eigenvalue weighted by atomic mass is 9.97. The van der Waals surface area contributed by atoms with E-state index in [4.69, 9.17) is 9.15 Å². The standard InChI is InChI=1S/C16H19BrFNO2/c1-4-14-10(6-7-21-14)16(19-5-2)11-8-12(17)13(18)9-15(11)20-3/h6-9,16,19H,4-5H2,1-3H3. The van der Waals surface area contributed by atoms with Crippen molar-refractivity contribution in [3.8, 4) is 5.75 Å². The Balaban J connectivity index is 2.55. The highest BCUT2D eigenvalue weighted by molar-refractivity contribution is 9.10. The van der Waals surface area contributed by atoms with Crippen molar-refractivity contribution >= 4 is 15.9 Å². The molecule has 0 aliphatic carbocycles. The zero-order chi connectivity index (χ0) is 15.4. The zero-order valence-corrected chi connectivity index (χ0v) is 14.0. The molecule has 1 aromatic carbocycles. The second-order valence-electron chi connectivity index (χ2n) is 4.65. The first-order valence-electron chi connectivity index (χ1n) is 6.94. The van der Waals surface area contributed by atoms with Gasteiger partial charge in [0.2, 0.25) is 0 Å². The first kappa shape index (κ1) is 16.0. The van der Waals surface area contributed by atoms with E-state index in [1.165, 1.54) is 6.07 Å². The SMILES string of the molecule is CCNC(c1cc(Br)c(F)cc1OC)c1ccoc1CC. The van der Waals surface area contributed by atoms with E-state index in [0.717, 1.165) is 29.9 Å². The van der Waals surface area contributed by atoms with Crippen molar-refractivity contribution in [3.63, 3.8) is 0 Å². The molecule has 1 aromatic heterocycles. The van der Waals surface area contributed by atoms with E-state index >= 15 is 0 Å². The highest BCUT2D eigenvalue weighted by Crippen LogP contribution is 2.35. The van der Waals surface area contributed by atoms with E-state index in [0.29, 0.717) is 10.2 Å². The van der Waals surface area contributed by atoms with Gasteiger partial charge in [0.25, 0.3) is 0 Å². The zero-order valence-electron chi connectivity index (χ0n) is 12.4. The number of benzene rings is 1. The van der Waals surface area contributed by atoms with Gasteiger partial charge in [-0.25, -0.2) is 4.39 Å². The molecular formula is C16H19BrFNO2. The van der Waals surface area contributed by atoms with Crippen molar-refractivity contribution in [1.29, 1.82) is 0 Å². The molecule has 0 amide bonds. The van der Waals surface area contributed by atoms with Crippen molar-refractivity contribution < 1.29 is 13.5 Å². The normalized spacial score (nSPS) is 12.4. The molecule has 21 heavy (non-hydrogen) atoms. The molecule has 0 aliphatic heterocycles. The van der Waals surface area contributed by atoms with Gasteiger partial charge in [0.05, 0.1) is 23.9 Å². The van der Waals surface area contributed by atoms with Crippen molar-refractivity contribution in [2.75, 3.05) is 13.7 Å². The maximum atomic E-state index is 13.7. The number of nitrogens with one attached hydrogen (secondary N) is 1. The number of furan rings is 1. The quantitative estimate of drug-likeness (QED) is 0.830. The number of ether oxygens (including phenoxy) is 1. The van der Waals surface area contributed by atoms with Crippen molar-refractivity contribution in [2.24, 2.45) is 0 Å². The lowest BCUT2D eigenvalue weighted by Crippen LogP contribution is -2.23. The molecule has 5 heteroatoms. The Morgan fingerprint density at radius 2 is 2.10 bits per heavy atom. The molecule has 0 radical (unpaired) electrons. The summed E-state index contributed by atoms with van der Waals surface area (Å²) in [6.07, 6.45) is 2.48. The van der Waals surface area contributed by atoms with Gasteiger partial charge in [0.1, 0.15) is 17.3 Å². The fourth-order valence-electron chi connectivity index (χ4n) is 2.43. The van der Waals surface area contributed by atoms with Gasteiger partial charge in [-0.15, -0.1) is 0 Å². The lowest BCUT2D eigenvalue weighted by Gasteiger charge is -2.21. The first-order valence-corrected chi connectivity index (χ1v) is 7.74. The van der Waals surface area contributed by atoms with E-state index < -0.39 is 0 Å². The molecule has 0 saturated heterocycles. The molecule has 2 rings (SSSR count). The van der Waals surface area contributed by atoms with E-state index in [1.54, 1.807) is 19.4 Å². The maximum absolute atomic E-state index is 13.7. The molecule has 3 nitrogen and oxygen atoms in total. The number of hydrogen-bond donors (Lipinski definition) is 1. The Kier molecular flexibility index (Phi) is 5.42. The Morgan fingerprint density at radius 1 is 1.33 bits per heavy atom. The number of rotatable bonds is 6. The smallest absolute Gasteiger partial charge is 0.141 e. The Labute approximate surface area is 132 Å². The van der Waals surface area contributed by atoms with Gasteiger partial charge in [0.15, 0.2) is 0 Å². The monoisotopic (exact) mass is 355 g/mol. The Hall–Kier alpha value is -1.33. The summed E-state index contributed by atoms with van der Waals surface area (Å²) in [5, 5.41) is 3.41. The van der Waals surface area contributed by atoms with Crippen molar-refractivity contribution in [3.05, 3.63) is 51.6 Å². The van der Waals surface area contributed by atoms with Crippen LogP contribution in [-0.2, 0) is 6.42 Å². The predicted octanol–water partition coefficient (Wildman–Crippen LogP) is 4.45. The van der Waals surface area contributed by atoms with E-state index in [9.17, 15) is 4.39 Å². The van der Waals surface area contributed by atoms with Gasteiger partial charge < -0.3 is 14.5 Å². The Morgan fingerprint density at radius 3 is 2.71 bits per heavy atom. The number of halogens is 2. The third-order valence-electron chi connectivity index (χ3n) is 3.40. The van der Waals surface area contributed by atoms with Gasteiger partial charge in [-0.2, -0.15) is 0 Å². The summed E-state index contributed by atoms with van der Waals surface area (Å²) in [5.41, 5.74) is 1.93. The van der Waals surface area contributed by atoms with E-state index in [1.807, 2.05) is 19.9 Å². The summed E-state index contributed by atoms with van der Waals surface area (Å²) in [4.78, 5) is 0. The van der Waals surface area contributed by atoms with Crippen molar-refractivity contribution in [2.45, 2.75) is 26.3 Å². The number of hydrogen-bond acceptors (Lipinski definition) is 3. The fraction of sp³-hybridized carbons (Fsp3) is 0.375. The molecular weight excluding hydrogens is 337 g/mol. The minimum Gasteiger partial charge on any atom is -0.496 e. The van der Waals surface area contributed by atoms with Crippen LogP contribution in [0, 0.1) is 5.82 Å². The largest absolute Gasteiger partial charge is 0.496 e. The lowest BCUT2D eigenvalue weighted by molar-refractivity contribution is 0.399. The third kappa shape index (κ3) is 3.30. The molecule has 0 saturated carbocycles. The van der Waals surface area contributed by atoms with Gasteiger partial charge in [-0.1, -0.05) is 13.8 Å². The van der Waals surface area contributed by atoms with Crippen molar-refractivity contribution in [1.82, 2.24) is 5.32 Å². The molecule has 1 unspecified atom stereocenters. The first-order chi connectivity index (χ1) is 10.1. The molecule has 114 valence electrons. The number of methoxy groups -OCH3 is 1. The highest BCUT2D eigenvalue weighted by atomic mass is 79.9. The van der Waals surface area contributed by atoms with Gasteiger partial charge in [-0.05, 0) is 34.6 Å². The second kappa shape index (κ2) is 7.09. The highest BCUT2D eigenvalue weighted by Gasteiger charge is 2.23. The minimum absolute atomic E-state index is 0.101. The summed E-state index contributed by atoms with van der Waals surface area (Å²) in [6, 6.07) is 5.00. The maximum Gasteiger partial charge on any atom is 0.141 e. The minimum atomic E-state index is -0.339. The molecule has 1 heterocycles. The van der Waals surface area contributed by atoms with E-state index in [-0.39, 0.29) is 11.9 Å². The molecule has 1 atom stereocenters. The van der Waals surface area contributed by atoms with Crippen LogP contribution in [-0.4, -0.2) is 13.7 Å². The molecule has 0 aliphatic rings. The number of aryl methyl sites for hydroxylation is 1. The summed E-state index contributed by atoms with van der Waals surface area (Å²) < 4.78 is 25.0. The summed E-state index contributed by atoms with van der Waals surface area (Å²) in [6.45, 7) is 4.85. The fourth-order valence-corrected chi connectivity index (χ4v) is 2.79. The Bertz CT molecular complexity index is 612. The summed E-state index contributed by atoms with van der Waals surface area (Å²) in [7, 11) is 1.55. The molecule has 1 N–H and O–H groups in total. The predicted molar refractivity (Wildman–Crippen MR) is 84.3 cm³/mol. The van der Waals surface area contributed by atoms with Gasteiger partial charge in [-0.3, -0.25) is 0 Å². The molecule has 0 fully saturated rings. The van der Waals surface area contributed by atoms with Crippen LogP contribution in [0.1, 0.15) is 36.8 Å². The average molecular weight is 356 g/mol. The van der Waals surface area contributed by atoms with Gasteiger partial charge >= 0.3 is 0 Å². The van der Waals surface area contributed by atoms with Crippen LogP contribution in [0.2, 0.25) is 0 Å². The molecule has 0 bridgehead atoms. The van der Waals surface area contributed by atoms with Crippen LogP contribution in [0.5, 0.6) is 5.75 Å². The van der Waals surface area contributed by atoms with Crippen LogP contribution >= 0.6 is 15.9 Å². The average Bonchev–Trinajstić information content (AvgIpc) is 2.95. The molecule has 0 spiro atoms.